The van der Waals surface area contributed by atoms with Gasteiger partial charge in [0.05, 0.1) is 13.2 Å². The van der Waals surface area contributed by atoms with Crippen LogP contribution in [-0.2, 0) is 11.3 Å². The molecule has 0 saturated carbocycles. The molecule has 0 aliphatic carbocycles. The molecule has 2 N–H and O–H groups in total. The molecule has 1 rings (SSSR count). The summed E-state index contributed by atoms with van der Waals surface area (Å²) in [5.41, 5.74) is 0.790. The highest BCUT2D eigenvalue weighted by atomic mass is 16.6. The van der Waals surface area contributed by atoms with Crippen molar-refractivity contribution < 1.29 is 24.5 Å². The van der Waals surface area contributed by atoms with Crippen molar-refractivity contribution in [3.8, 4) is 0 Å². The standard InChI is InChI=1S/C12H16N2O5/c1-13(11(16)17)14(7-8-15)12(18)19-9-10-5-3-2-4-6-10/h2-6,15H,7-9H2,1H3,(H,16,17). The van der Waals surface area contributed by atoms with Crippen LogP contribution in [0, 0.1) is 0 Å². The van der Waals surface area contributed by atoms with Crippen LogP contribution in [0.25, 0.3) is 0 Å². The number of carbonyl (C=O) groups excluding carboxylic acids is 1. The van der Waals surface area contributed by atoms with E-state index in [1.807, 2.05) is 6.07 Å². The topological polar surface area (TPSA) is 90.3 Å². The number of hydrogen-bond acceptors (Lipinski definition) is 4. The van der Waals surface area contributed by atoms with Gasteiger partial charge >= 0.3 is 12.2 Å². The molecule has 104 valence electrons. The monoisotopic (exact) mass is 268 g/mol. The van der Waals surface area contributed by atoms with Crippen LogP contribution in [0.5, 0.6) is 0 Å². The first kappa shape index (κ1) is 14.8. The molecule has 0 unspecified atom stereocenters. The van der Waals surface area contributed by atoms with E-state index in [2.05, 4.69) is 0 Å². The quantitative estimate of drug-likeness (QED) is 0.799. The van der Waals surface area contributed by atoms with Gasteiger partial charge in [-0.25, -0.2) is 19.6 Å². The summed E-state index contributed by atoms with van der Waals surface area (Å²) >= 11 is 0. The average Bonchev–Trinajstić information content (AvgIpc) is 2.42. The molecule has 0 aliphatic rings. The molecular formula is C12H16N2O5. The number of carboxylic acid groups (broad SMARTS) is 1. The maximum Gasteiger partial charge on any atom is 0.429 e. The fraction of sp³-hybridized carbons (Fsp3) is 0.333. The Balaban J connectivity index is 2.60. The summed E-state index contributed by atoms with van der Waals surface area (Å²) in [6, 6.07) is 9.01. The minimum Gasteiger partial charge on any atom is -0.464 e. The van der Waals surface area contributed by atoms with Crippen LogP contribution in [0.3, 0.4) is 0 Å². The van der Waals surface area contributed by atoms with Gasteiger partial charge in [-0.05, 0) is 5.56 Å². The summed E-state index contributed by atoms with van der Waals surface area (Å²) in [5, 5.41) is 19.1. The Hall–Kier alpha value is -2.28. The Morgan fingerprint density at radius 3 is 2.42 bits per heavy atom. The number of nitrogens with zero attached hydrogens (tertiary/aromatic N) is 2. The highest BCUT2D eigenvalue weighted by molar-refractivity contribution is 5.72. The zero-order valence-corrected chi connectivity index (χ0v) is 10.5. The van der Waals surface area contributed by atoms with Gasteiger partial charge in [-0.1, -0.05) is 30.3 Å². The van der Waals surface area contributed by atoms with Crippen molar-refractivity contribution in [2.24, 2.45) is 0 Å². The zero-order chi connectivity index (χ0) is 14.3. The molecule has 0 spiro atoms. The van der Waals surface area contributed by atoms with Crippen molar-refractivity contribution in [1.82, 2.24) is 10.0 Å². The summed E-state index contributed by atoms with van der Waals surface area (Å²) in [7, 11) is 1.20. The second-order valence-electron chi connectivity index (χ2n) is 3.69. The second-order valence-corrected chi connectivity index (χ2v) is 3.69. The molecule has 2 amide bonds. The summed E-state index contributed by atoms with van der Waals surface area (Å²) in [6.07, 6.45) is -2.15. The van der Waals surface area contributed by atoms with Crippen LogP contribution in [-0.4, -0.2) is 52.6 Å². The van der Waals surface area contributed by atoms with Crippen LogP contribution in [0.2, 0.25) is 0 Å². The number of hydrazine groups is 1. The van der Waals surface area contributed by atoms with Gasteiger partial charge in [-0.15, -0.1) is 0 Å². The first-order valence-electron chi connectivity index (χ1n) is 5.62. The van der Waals surface area contributed by atoms with E-state index in [9.17, 15) is 9.59 Å². The Kier molecular flexibility index (Phi) is 5.62. The lowest BCUT2D eigenvalue weighted by atomic mass is 10.2. The Morgan fingerprint density at radius 1 is 1.26 bits per heavy atom. The lowest BCUT2D eigenvalue weighted by Gasteiger charge is -2.28. The second kappa shape index (κ2) is 7.22. The fourth-order valence-corrected chi connectivity index (χ4v) is 1.36. The number of aliphatic hydroxyl groups is 1. The van der Waals surface area contributed by atoms with E-state index in [-0.39, 0.29) is 19.8 Å². The van der Waals surface area contributed by atoms with Gasteiger partial charge in [-0.3, -0.25) is 0 Å². The molecule has 7 nitrogen and oxygen atoms in total. The maximum atomic E-state index is 11.7. The highest BCUT2D eigenvalue weighted by Crippen LogP contribution is 2.05. The Bertz CT molecular complexity index is 423. The minimum atomic E-state index is -1.31. The Labute approximate surface area is 110 Å². The predicted molar refractivity (Wildman–Crippen MR) is 66.2 cm³/mol. The van der Waals surface area contributed by atoms with Crippen molar-refractivity contribution in [1.29, 1.82) is 0 Å². The predicted octanol–water partition coefficient (Wildman–Crippen LogP) is 1.14. The van der Waals surface area contributed by atoms with Crippen molar-refractivity contribution >= 4 is 12.2 Å². The summed E-state index contributed by atoms with van der Waals surface area (Å²) in [4.78, 5) is 22.5. The van der Waals surface area contributed by atoms with Gasteiger partial charge in [0.25, 0.3) is 0 Å². The molecular weight excluding hydrogens is 252 g/mol. The van der Waals surface area contributed by atoms with E-state index in [1.165, 1.54) is 7.05 Å². The number of ether oxygens (including phenoxy) is 1. The third-order valence-corrected chi connectivity index (χ3v) is 2.37. The fourth-order valence-electron chi connectivity index (χ4n) is 1.36. The number of rotatable bonds is 4. The van der Waals surface area contributed by atoms with Crippen molar-refractivity contribution in [2.75, 3.05) is 20.2 Å². The van der Waals surface area contributed by atoms with Gasteiger partial charge in [-0.2, -0.15) is 0 Å². The zero-order valence-electron chi connectivity index (χ0n) is 10.5. The number of aliphatic hydroxyl groups excluding tert-OH is 1. The maximum absolute atomic E-state index is 11.7. The molecule has 0 fully saturated rings. The van der Waals surface area contributed by atoms with Crippen LogP contribution < -0.4 is 0 Å². The summed E-state index contributed by atoms with van der Waals surface area (Å²) in [6.45, 7) is -0.483. The van der Waals surface area contributed by atoms with E-state index in [0.717, 1.165) is 10.6 Å². The third-order valence-electron chi connectivity index (χ3n) is 2.37. The van der Waals surface area contributed by atoms with Gasteiger partial charge in [0, 0.05) is 7.05 Å². The summed E-state index contributed by atoms with van der Waals surface area (Å²) in [5.74, 6) is 0. The third kappa shape index (κ3) is 4.47. The van der Waals surface area contributed by atoms with Crippen molar-refractivity contribution in [3.05, 3.63) is 35.9 Å². The lowest BCUT2D eigenvalue weighted by Crippen LogP contribution is -2.48. The molecule has 19 heavy (non-hydrogen) atoms. The first-order valence-corrected chi connectivity index (χ1v) is 5.62. The highest BCUT2D eigenvalue weighted by Gasteiger charge is 2.23. The SMILES string of the molecule is CN(C(=O)O)N(CCO)C(=O)OCc1ccccc1. The largest absolute Gasteiger partial charge is 0.464 e. The van der Waals surface area contributed by atoms with Crippen LogP contribution in [0.1, 0.15) is 5.56 Å². The molecule has 0 heterocycles. The van der Waals surface area contributed by atoms with Crippen molar-refractivity contribution in [3.63, 3.8) is 0 Å². The normalized spacial score (nSPS) is 9.79. The van der Waals surface area contributed by atoms with Gasteiger partial charge in [0.15, 0.2) is 0 Å². The van der Waals surface area contributed by atoms with Crippen molar-refractivity contribution in [2.45, 2.75) is 6.61 Å². The molecule has 1 aromatic carbocycles. The van der Waals surface area contributed by atoms with E-state index >= 15 is 0 Å². The van der Waals surface area contributed by atoms with E-state index in [4.69, 9.17) is 14.9 Å². The molecule has 0 saturated heterocycles. The van der Waals surface area contributed by atoms with E-state index < -0.39 is 12.2 Å². The molecule has 0 aromatic heterocycles. The van der Waals surface area contributed by atoms with E-state index in [1.54, 1.807) is 24.3 Å². The number of hydrogen-bond donors (Lipinski definition) is 2. The lowest BCUT2D eigenvalue weighted by molar-refractivity contribution is -0.00709. The van der Waals surface area contributed by atoms with Gasteiger partial charge < -0.3 is 14.9 Å². The molecule has 0 bridgehead atoms. The Morgan fingerprint density at radius 2 is 1.89 bits per heavy atom. The number of amides is 2. The smallest absolute Gasteiger partial charge is 0.429 e. The molecule has 0 radical (unpaired) electrons. The molecule has 0 atom stereocenters. The van der Waals surface area contributed by atoms with Crippen LogP contribution in [0.15, 0.2) is 30.3 Å². The summed E-state index contributed by atoms with van der Waals surface area (Å²) < 4.78 is 4.98. The number of benzene rings is 1. The average molecular weight is 268 g/mol. The van der Waals surface area contributed by atoms with Crippen LogP contribution >= 0.6 is 0 Å². The minimum absolute atomic E-state index is 0.0368. The number of carbonyl (C=O) groups is 2. The van der Waals surface area contributed by atoms with Gasteiger partial charge in [0.1, 0.15) is 6.61 Å². The first-order chi connectivity index (χ1) is 9.06. The molecule has 1 aromatic rings. The molecule has 7 heteroatoms. The van der Waals surface area contributed by atoms with E-state index in [0.29, 0.717) is 5.01 Å². The van der Waals surface area contributed by atoms with Gasteiger partial charge in [0.2, 0.25) is 0 Å². The molecule has 0 aliphatic heterocycles. The van der Waals surface area contributed by atoms with Crippen LogP contribution in [0.4, 0.5) is 9.59 Å².